The van der Waals surface area contributed by atoms with Gasteiger partial charge in [-0.05, 0) is 35.3 Å². The third kappa shape index (κ3) is 7.01. The minimum atomic E-state index is -1.93. The molecule has 0 aliphatic rings. The number of nitrogens with zero attached hydrogens (tertiary/aromatic N) is 2. The van der Waals surface area contributed by atoms with Crippen LogP contribution in [0.2, 0.25) is 23.2 Å². The van der Waals surface area contributed by atoms with Crippen LogP contribution in [-0.4, -0.2) is 39.1 Å². The van der Waals surface area contributed by atoms with Crippen LogP contribution in [0, 0.1) is 0 Å². The topological polar surface area (TPSA) is 82.0 Å². The van der Waals surface area contributed by atoms with E-state index in [1.165, 1.54) is 7.11 Å². The highest BCUT2D eigenvalue weighted by molar-refractivity contribution is 6.73. The largest absolute Gasteiger partial charge is 0.472 e. The lowest BCUT2D eigenvalue weighted by Crippen LogP contribution is -2.37. The Morgan fingerprint density at radius 2 is 1.68 bits per heavy atom. The van der Waals surface area contributed by atoms with Gasteiger partial charge in [-0.25, -0.2) is 4.98 Å². The first-order valence-corrected chi connectivity index (χ1v) is 15.7. The van der Waals surface area contributed by atoms with Crippen LogP contribution in [0.15, 0.2) is 72.0 Å². The van der Waals surface area contributed by atoms with Crippen molar-refractivity contribution in [1.82, 2.24) is 10.3 Å². The number of ether oxygens (including phenoxy) is 1. The van der Waals surface area contributed by atoms with Crippen molar-refractivity contribution in [3.8, 4) is 5.88 Å². The van der Waals surface area contributed by atoms with Crippen molar-refractivity contribution in [1.29, 1.82) is 0 Å². The molecule has 3 rings (SSSR count). The molecule has 1 aromatic heterocycles. The van der Waals surface area contributed by atoms with Crippen molar-refractivity contribution < 1.29 is 18.8 Å². The maximum absolute atomic E-state index is 12.4. The highest BCUT2D eigenvalue weighted by Crippen LogP contribution is 2.36. The normalized spacial score (nSPS) is 12.6. The Kier molecular flexibility index (Phi) is 10.9. The Morgan fingerprint density at radius 3 is 2.29 bits per heavy atom. The van der Waals surface area contributed by atoms with Gasteiger partial charge in [0.1, 0.15) is 18.7 Å². The predicted octanol–water partition coefficient (Wildman–Crippen LogP) is 6.52. The van der Waals surface area contributed by atoms with Crippen LogP contribution >= 0.6 is 11.6 Å². The van der Waals surface area contributed by atoms with E-state index in [1.807, 2.05) is 42.5 Å². The summed E-state index contributed by atoms with van der Waals surface area (Å²) < 4.78 is 12.9. The number of oxime groups is 1. The van der Waals surface area contributed by atoms with Gasteiger partial charge in [0.25, 0.3) is 5.91 Å². The second-order valence-electron chi connectivity index (χ2n) is 8.86. The maximum atomic E-state index is 12.4. The van der Waals surface area contributed by atoms with Crippen molar-refractivity contribution in [2.24, 2.45) is 5.16 Å². The van der Waals surface area contributed by atoms with E-state index >= 15 is 0 Å². The molecule has 1 heterocycles. The fourth-order valence-electron chi connectivity index (χ4n) is 4.34. The van der Waals surface area contributed by atoms with Gasteiger partial charge in [-0.1, -0.05) is 92.1 Å². The van der Waals surface area contributed by atoms with E-state index in [0.29, 0.717) is 16.5 Å². The third-order valence-electron chi connectivity index (χ3n) is 6.80. The molecule has 9 heteroatoms. The lowest BCUT2D eigenvalue weighted by atomic mass is 10.0. The van der Waals surface area contributed by atoms with Crippen molar-refractivity contribution in [2.45, 2.75) is 51.6 Å². The Labute approximate surface area is 231 Å². The molecule has 1 N–H and O–H groups in total. The Balaban J connectivity index is 1.89. The minimum absolute atomic E-state index is 0.137. The van der Waals surface area contributed by atoms with E-state index in [9.17, 15) is 4.79 Å². The summed E-state index contributed by atoms with van der Waals surface area (Å²) in [6, 6.07) is 22.5. The van der Waals surface area contributed by atoms with Crippen LogP contribution in [0.5, 0.6) is 5.88 Å². The zero-order chi connectivity index (χ0) is 27.5. The summed E-state index contributed by atoms with van der Waals surface area (Å²) in [4.78, 5) is 21.8. The van der Waals surface area contributed by atoms with Gasteiger partial charge < -0.3 is 19.3 Å². The van der Waals surface area contributed by atoms with Crippen LogP contribution in [0.3, 0.4) is 0 Å². The molecule has 1 unspecified atom stereocenters. The fourth-order valence-corrected chi connectivity index (χ4v) is 7.34. The molecule has 0 bridgehead atoms. The lowest BCUT2D eigenvalue weighted by molar-refractivity contribution is -0.114. The minimum Gasteiger partial charge on any atom is -0.472 e. The molecule has 1 amide bonds. The maximum Gasteiger partial charge on any atom is 0.273 e. The molecule has 202 valence electrons. The molecule has 1 atom stereocenters. The number of hydrogen-bond acceptors (Lipinski definition) is 6. The van der Waals surface area contributed by atoms with Crippen molar-refractivity contribution >= 4 is 31.5 Å². The van der Waals surface area contributed by atoms with Gasteiger partial charge in [0.2, 0.25) is 5.88 Å². The van der Waals surface area contributed by atoms with Crippen molar-refractivity contribution in [3.63, 3.8) is 0 Å². The molecule has 0 fully saturated rings. The second kappa shape index (κ2) is 14.1. The van der Waals surface area contributed by atoms with Gasteiger partial charge in [-0.3, -0.25) is 4.79 Å². The average Bonchev–Trinajstić information content (AvgIpc) is 2.96. The number of nitrogens with one attached hydrogen (secondary N) is 1. The smallest absolute Gasteiger partial charge is 0.273 e. The molecule has 0 aliphatic heterocycles. The molecule has 0 radical (unpaired) electrons. The van der Waals surface area contributed by atoms with E-state index in [4.69, 9.17) is 25.6 Å². The van der Waals surface area contributed by atoms with Gasteiger partial charge in [0.05, 0.1) is 6.10 Å². The van der Waals surface area contributed by atoms with E-state index in [-0.39, 0.29) is 24.3 Å². The number of likely N-dealkylation sites (N-methyl/N-ethyl adjacent to an activating group) is 1. The summed E-state index contributed by atoms with van der Waals surface area (Å²) in [7, 11) is 1.01. The van der Waals surface area contributed by atoms with Crippen molar-refractivity contribution in [2.75, 3.05) is 14.2 Å². The first-order valence-electron chi connectivity index (χ1n) is 12.8. The van der Waals surface area contributed by atoms with Gasteiger partial charge >= 0.3 is 0 Å². The molecule has 3 aromatic rings. The summed E-state index contributed by atoms with van der Waals surface area (Å²) in [6.45, 7) is 6.79. The number of amides is 1. The first-order chi connectivity index (χ1) is 18.4. The number of carbonyl (C=O) groups excluding carboxylic acids is 1. The molecule has 0 saturated carbocycles. The molecular formula is C29H36ClN3O4Si. The average molecular weight is 554 g/mol. The molecule has 38 heavy (non-hydrogen) atoms. The van der Waals surface area contributed by atoms with Crippen LogP contribution in [0.25, 0.3) is 0 Å². The number of halogens is 1. The van der Waals surface area contributed by atoms with Crippen LogP contribution in [0.1, 0.15) is 49.1 Å². The number of aromatic nitrogens is 1. The Hall–Kier alpha value is -3.20. The van der Waals surface area contributed by atoms with E-state index in [0.717, 1.165) is 34.8 Å². The Morgan fingerprint density at radius 1 is 1.03 bits per heavy atom. The zero-order valence-electron chi connectivity index (χ0n) is 22.7. The Bertz CT molecular complexity index is 1230. The van der Waals surface area contributed by atoms with Gasteiger partial charge in [-0.15, -0.1) is 0 Å². The van der Waals surface area contributed by atoms with Gasteiger partial charge in [0.15, 0.2) is 14.0 Å². The summed E-state index contributed by atoms with van der Waals surface area (Å²) in [5, 5.41) is 6.88. The number of carbonyl (C=O) groups is 1. The van der Waals surface area contributed by atoms with Crippen LogP contribution in [-0.2, 0) is 20.7 Å². The summed E-state index contributed by atoms with van der Waals surface area (Å²) in [5.74, 6) is -0.0650. The quantitative estimate of drug-likeness (QED) is 0.148. The monoisotopic (exact) mass is 553 g/mol. The fraction of sp³-hybridized carbons (Fsp3) is 0.345. The number of benzene rings is 2. The van der Waals surface area contributed by atoms with Crippen LogP contribution < -0.4 is 10.1 Å². The van der Waals surface area contributed by atoms with Gasteiger partial charge in [-0.2, -0.15) is 0 Å². The molecule has 0 spiro atoms. The molecule has 2 aromatic carbocycles. The lowest BCUT2D eigenvalue weighted by Gasteiger charge is -2.33. The standard InChI is InChI=1S/C29H36ClN3O4Si/c1-6-38(7-2,8-3)37-27(21-14-10-9-11-15-21)23-18-25(30)29(32-19-23)36-20-22-16-12-13-17-24(22)26(33-35-5)28(34)31-4/h9-19,27H,6-8,20H2,1-5H3,(H,31,34)/b33-26+. The highest BCUT2D eigenvalue weighted by Gasteiger charge is 2.33. The van der Waals surface area contributed by atoms with E-state index in [1.54, 1.807) is 19.3 Å². The molecule has 0 saturated heterocycles. The second-order valence-corrected chi connectivity index (χ2v) is 14.0. The summed E-state index contributed by atoms with van der Waals surface area (Å²) >= 11 is 6.69. The van der Waals surface area contributed by atoms with Crippen molar-refractivity contribution in [3.05, 3.63) is 94.1 Å². The summed E-state index contributed by atoms with van der Waals surface area (Å²) in [5.41, 5.74) is 3.44. The summed E-state index contributed by atoms with van der Waals surface area (Å²) in [6.07, 6.45) is 1.51. The van der Waals surface area contributed by atoms with Crippen LogP contribution in [0.4, 0.5) is 0 Å². The number of rotatable bonds is 13. The van der Waals surface area contributed by atoms with E-state index < -0.39 is 8.32 Å². The SMILES string of the molecule is CC[Si](CC)(CC)OC(c1ccccc1)c1cnc(OCc2ccccc2/C(=N\OC)C(=O)NC)c(Cl)c1. The molecule has 0 aliphatic carbocycles. The number of pyridine rings is 1. The third-order valence-corrected chi connectivity index (χ3v) is 11.7. The van der Waals surface area contributed by atoms with E-state index in [2.05, 4.69) is 48.4 Å². The number of hydrogen-bond donors (Lipinski definition) is 1. The zero-order valence-corrected chi connectivity index (χ0v) is 24.4. The molecular weight excluding hydrogens is 518 g/mol. The highest BCUT2D eigenvalue weighted by atomic mass is 35.5. The predicted molar refractivity (Wildman–Crippen MR) is 154 cm³/mol. The molecule has 7 nitrogen and oxygen atoms in total. The first kappa shape index (κ1) is 29.4. The van der Waals surface area contributed by atoms with Gasteiger partial charge in [0, 0.05) is 24.4 Å².